The van der Waals surface area contributed by atoms with Crippen LogP contribution in [0.4, 0.5) is 0 Å². The number of sulfone groups is 1. The predicted molar refractivity (Wildman–Crippen MR) is 124 cm³/mol. The molecule has 0 aliphatic rings. The number of fused-ring (bicyclic) bond motifs is 1. The molecule has 0 N–H and O–H groups in total. The highest BCUT2D eigenvalue weighted by Crippen LogP contribution is 2.28. The number of hydrogen-bond donors (Lipinski definition) is 0. The largest absolute Gasteiger partial charge is 0.300 e. The van der Waals surface area contributed by atoms with Crippen LogP contribution in [0.2, 0.25) is 5.02 Å². The quantitative estimate of drug-likeness (QED) is 0.448. The maximum Gasteiger partial charge on any atom is 0.300 e. The molecule has 0 aliphatic carbocycles. The maximum absolute atomic E-state index is 13.3. The number of nitrogens with zero attached hydrogens (tertiary/aromatic N) is 4. The summed E-state index contributed by atoms with van der Waals surface area (Å²) in [5, 5.41) is 8.04. The Morgan fingerprint density at radius 2 is 1.72 bits per heavy atom. The molecule has 0 bridgehead atoms. The van der Waals surface area contributed by atoms with Gasteiger partial charge in [0.05, 0.1) is 11.4 Å². The van der Waals surface area contributed by atoms with Crippen LogP contribution in [-0.2, 0) is 21.0 Å². The van der Waals surface area contributed by atoms with Crippen LogP contribution < -0.4 is 5.56 Å². The summed E-state index contributed by atoms with van der Waals surface area (Å²) in [5.74, 6) is -0.238. The standard InChI is InChI=1S/C23H23ClN4O3S/c1-15-18(24)10-7-11-19(15)27-12-13-28-20(21(27)29)25-26-22(28)32(30,31)14-16-8-5-6-9-17(16)23(2,3)4/h5-13H,14H2,1-4H3. The summed E-state index contributed by atoms with van der Waals surface area (Å²) in [4.78, 5) is 13.1. The van der Waals surface area contributed by atoms with Crippen molar-refractivity contribution in [2.45, 2.75) is 44.0 Å². The molecule has 7 nitrogen and oxygen atoms in total. The molecule has 0 aliphatic heterocycles. The molecule has 0 atom stereocenters. The lowest BCUT2D eigenvalue weighted by atomic mass is 9.84. The van der Waals surface area contributed by atoms with Crippen molar-refractivity contribution >= 4 is 27.1 Å². The normalized spacial score (nSPS) is 12.4. The van der Waals surface area contributed by atoms with Crippen molar-refractivity contribution in [1.29, 1.82) is 0 Å². The maximum atomic E-state index is 13.3. The summed E-state index contributed by atoms with van der Waals surface area (Å²) < 4.78 is 29.2. The van der Waals surface area contributed by atoms with Crippen LogP contribution in [-0.4, -0.2) is 27.6 Å². The lowest BCUT2D eigenvalue weighted by molar-refractivity contribution is 0.574. The average Bonchev–Trinajstić information content (AvgIpc) is 3.16. The second kappa shape index (κ2) is 7.86. The third-order valence-corrected chi connectivity index (χ3v) is 7.32. The number of benzene rings is 2. The fourth-order valence-corrected chi connectivity index (χ4v) is 5.34. The summed E-state index contributed by atoms with van der Waals surface area (Å²) >= 11 is 6.19. The third kappa shape index (κ3) is 3.84. The van der Waals surface area contributed by atoms with Crippen molar-refractivity contribution in [2.75, 3.05) is 0 Å². The Hall–Kier alpha value is -2.97. The van der Waals surface area contributed by atoms with Crippen molar-refractivity contribution in [3.8, 4) is 5.69 Å². The number of aromatic nitrogens is 4. The third-order valence-electron chi connectivity index (χ3n) is 5.39. The lowest BCUT2D eigenvalue weighted by Gasteiger charge is -2.22. The molecule has 9 heteroatoms. The van der Waals surface area contributed by atoms with Crippen molar-refractivity contribution in [2.24, 2.45) is 0 Å². The Bertz CT molecular complexity index is 1500. The van der Waals surface area contributed by atoms with Crippen LogP contribution in [0.1, 0.15) is 37.5 Å². The SMILES string of the molecule is Cc1c(Cl)cccc1-n1ccn2c(S(=O)(=O)Cc3ccccc3C(C)(C)C)nnc2c1=O. The number of halogens is 1. The van der Waals surface area contributed by atoms with E-state index in [0.717, 1.165) is 11.1 Å². The molecule has 0 fully saturated rings. The van der Waals surface area contributed by atoms with Crippen molar-refractivity contribution in [3.63, 3.8) is 0 Å². The topological polar surface area (TPSA) is 86.3 Å². The Morgan fingerprint density at radius 1 is 1.00 bits per heavy atom. The molecule has 166 valence electrons. The zero-order valence-electron chi connectivity index (χ0n) is 18.2. The van der Waals surface area contributed by atoms with E-state index in [1.165, 1.54) is 21.4 Å². The molecule has 0 radical (unpaired) electrons. The van der Waals surface area contributed by atoms with Gasteiger partial charge in [-0.25, -0.2) is 8.42 Å². The molecule has 0 saturated carbocycles. The molecule has 2 aromatic heterocycles. The highest BCUT2D eigenvalue weighted by atomic mass is 35.5. The van der Waals surface area contributed by atoms with Crippen LogP contribution >= 0.6 is 11.6 Å². The summed E-state index contributed by atoms with van der Waals surface area (Å²) in [6.07, 6.45) is 2.99. The molecule has 0 unspecified atom stereocenters. The Morgan fingerprint density at radius 3 is 2.44 bits per heavy atom. The van der Waals surface area contributed by atoms with E-state index in [2.05, 4.69) is 10.2 Å². The van der Waals surface area contributed by atoms with Gasteiger partial charge in [0.25, 0.3) is 5.16 Å². The predicted octanol–water partition coefficient (Wildman–Crippen LogP) is 4.11. The van der Waals surface area contributed by atoms with Crippen LogP contribution in [0, 0.1) is 6.92 Å². The number of hydrogen-bond acceptors (Lipinski definition) is 5. The smallest absolute Gasteiger partial charge is 0.279 e. The summed E-state index contributed by atoms with van der Waals surface area (Å²) in [6, 6.07) is 12.7. The summed E-state index contributed by atoms with van der Waals surface area (Å²) in [6.45, 7) is 7.91. The average molecular weight is 471 g/mol. The second-order valence-corrected chi connectivity index (χ2v) is 11.0. The van der Waals surface area contributed by atoms with E-state index >= 15 is 0 Å². The van der Waals surface area contributed by atoms with Gasteiger partial charge in [0, 0.05) is 17.4 Å². The van der Waals surface area contributed by atoms with Crippen LogP contribution in [0.25, 0.3) is 11.3 Å². The molecule has 2 aromatic carbocycles. The van der Waals surface area contributed by atoms with Gasteiger partial charge in [-0.15, -0.1) is 10.2 Å². The molecule has 4 rings (SSSR count). The monoisotopic (exact) mass is 470 g/mol. The Balaban J connectivity index is 1.81. The van der Waals surface area contributed by atoms with Crippen molar-refractivity contribution in [3.05, 3.63) is 86.9 Å². The highest BCUT2D eigenvalue weighted by molar-refractivity contribution is 7.90. The first-order valence-electron chi connectivity index (χ1n) is 10.0. The van der Waals surface area contributed by atoms with E-state index in [1.807, 2.05) is 39.0 Å². The lowest BCUT2D eigenvalue weighted by Crippen LogP contribution is -2.22. The van der Waals surface area contributed by atoms with E-state index in [0.29, 0.717) is 16.3 Å². The summed E-state index contributed by atoms with van der Waals surface area (Å²) in [7, 11) is -3.87. The van der Waals surface area contributed by atoms with Gasteiger partial charge in [-0.05, 0) is 41.2 Å². The summed E-state index contributed by atoms with van der Waals surface area (Å²) in [5.41, 5.74) is 2.18. The van der Waals surface area contributed by atoms with E-state index < -0.39 is 15.4 Å². The van der Waals surface area contributed by atoms with Gasteiger partial charge in [0.2, 0.25) is 15.5 Å². The van der Waals surface area contributed by atoms with Gasteiger partial charge < -0.3 is 0 Å². The van der Waals surface area contributed by atoms with Gasteiger partial charge in [0.15, 0.2) is 0 Å². The Labute approximate surface area is 191 Å². The molecule has 0 amide bonds. The van der Waals surface area contributed by atoms with E-state index in [1.54, 1.807) is 31.2 Å². The second-order valence-electron chi connectivity index (χ2n) is 8.70. The molecular formula is C23H23ClN4O3S. The highest BCUT2D eigenvalue weighted by Gasteiger charge is 2.27. The molecule has 0 saturated heterocycles. The first-order valence-corrected chi connectivity index (χ1v) is 12.1. The zero-order chi connectivity index (χ0) is 23.3. The molecule has 2 heterocycles. The molecule has 4 aromatic rings. The molecule has 32 heavy (non-hydrogen) atoms. The Kier molecular flexibility index (Phi) is 5.46. The van der Waals surface area contributed by atoms with Crippen LogP contribution in [0.3, 0.4) is 0 Å². The van der Waals surface area contributed by atoms with Gasteiger partial charge in [0.1, 0.15) is 0 Å². The van der Waals surface area contributed by atoms with E-state index in [9.17, 15) is 13.2 Å². The molecular weight excluding hydrogens is 448 g/mol. The minimum absolute atomic E-state index is 0.0745. The first-order chi connectivity index (χ1) is 15.0. The van der Waals surface area contributed by atoms with Gasteiger partial charge in [-0.1, -0.05) is 62.7 Å². The first kappa shape index (κ1) is 22.2. The van der Waals surface area contributed by atoms with Gasteiger partial charge in [-0.3, -0.25) is 13.8 Å². The van der Waals surface area contributed by atoms with Crippen LogP contribution in [0.15, 0.2) is 64.8 Å². The minimum Gasteiger partial charge on any atom is -0.279 e. The van der Waals surface area contributed by atoms with Crippen LogP contribution in [0.5, 0.6) is 0 Å². The van der Waals surface area contributed by atoms with E-state index in [-0.39, 0.29) is 22.0 Å². The fraction of sp³-hybridized carbons (Fsp3) is 0.261. The van der Waals surface area contributed by atoms with Gasteiger partial charge in [-0.2, -0.15) is 0 Å². The minimum atomic E-state index is -3.87. The fourth-order valence-electron chi connectivity index (χ4n) is 3.77. The number of rotatable bonds is 4. The van der Waals surface area contributed by atoms with Crippen molar-refractivity contribution < 1.29 is 8.42 Å². The molecule has 0 spiro atoms. The van der Waals surface area contributed by atoms with E-state index in [4.69, 9.17) is 11.6 Å². The zero-order valence-corrected chi connectivity index (χ0v) is 19.8. The van der Waals surface area contributed by atoms with Gasteiger partial charge >= 0.3 is 5.56 Å². The van der Waals surface area contributed by atoms with Crippen molar-refractivity contribution in [1.82, 2.24) is 19.2 Å².